The lowest BCUT2D eigenvalue weighted by Gasteiger charge is -2.20. The van der Waals surface area contributed by atoms with Crippen LogP contribution in [-0.4, -0.2) is 29.7 Å². The number of benzene rings is 2. The molecule has 0 bridgehead atoms. The van der Waals surface area contributed by atoms with E-state index in [-0.39, 0.29) is 17.0 Å². The van der Waals surface area contributed by atoms with Crippen molar-refractivity contribution in [3.05, 3.63) is 75.3 Å². The van der Waals surface area contributed by atoms with Crippen molar-refractivity contribution in [2.75, 3.05) is 18.0 Å². The standard InChI is InChI=1S/C20H19N3O4/c1-3-22(4-2)16-10-8-14(9-11-16)12-18-19(21-27-20(18)24)15-6-5-7-17(13-15)23(25)26/h5-13H,3-4H2,1-2H3/b18-12+. The molecule has 0 atom stereocenters. The molecular formula is C20H19N3O4. The highest BCUT2D eigenvalue weighted by Crippen LogP contribution is 2.24. The number of rotatable bonds is 6. The van der Waals surface area contributed by atoms with Gasteiger partial charge in [0.15, 0.2) is 0 Å². The molecule has 0 saturated carbocycles. The Morgan fingerprint density at radius 3 is 2.48 bits per heavy atom. The molecule has 0 amide bonds. The zero-order valence-corrected chi connectivity index (χ0v) is 15.1. The fourth-order valence-electron chi connectivity index (χ4n) is 2.92. The number of hydrogen-bond donors (Lipinski definition) is 0. The molecule has 0 radical (unpaired) electrons. The number of nitrogens with zero attached hydrogens (tertiary/aromatic N) is 3. The maximum absolute atomic E-state index is 12.1. The van der Waals surface area contributed by atoms with Gasteiger partial charge in [0.25, 0.3) is 5.69 Å². The molecule has 1 heterocycles. The fourth-order valence-corrected chi connectivity index (χ4v) is 2.92. The Morgan fingerprint density at radius 1 is 1.15 bits per heavy atom. The Bertz CT molecular complexity index is 928. The first-order valence-electron chi connectivity index (χ1n) is 8.64. The summed E-state index contributed by atoms with van der Waals surface area (Å²) in [7, 11) is 0. The van der Waals surface area contributed by atoms with Gasteiger partial charge in [-0.05, 0) is 37.6 Å². The predicted octanol–water partition coefficient (Wildman–Crippen LogP) is 3.79. The number of nitro benzene ring substituents is 1. The van der Waals surface area contributed by atoms with E-state index >= 15 is 0 Å². The van der Waals surface area contributed by atoms with Crippen LogP contribution in [0.15, 0.2) is 59.3 Å². The van der Waals surface area contributed by atoms with E-state index in [9.17, 15) is 14.9 Å². The second-order valence-electron chi connectivity index (χ2n) is 5.95. The molecule has 138 valence electrons. The Labute approximate surface area is 156 Å². The first kappa shape index (κ1) is 18.3. The van der Waals surface area contributed by atoms with Crippen LogP contribution in [0, 0.1) is 10.1 Å². The second-order valence-corrected chi connectivity index (χ2v) is 5.95. The maximum atomic E-state index is 12.1. The predicted molar refractivity (Wildman–Crippen MR) is 104 cm³/mol. The summed E-state index contributed by atoms with van der Waals surface area (Å²) in [5.74, 6) is -0.579. The van der Waals surface area contributed by atoms with Gasteiger partial charge in [-0.2, -0.15) is 0 Å². The molecule has 0 aliphatic carbocycles. The average molecular weight is 365 g/mol. The number of carbonyl (C=O) groups is 1. The number of carbonyl (C=O) groups excluding carboxylic acids is 1. The molecule has 2 aromatic rings. The molecule has 0 unspecified atom stereocenters. The quantitative estimate of drug-likeness (QED) is 0.336. The molecule has 0 fully saturated rings. The Balaban J connectivity index is 1.92. The minimum Gasteiger partial charge on any atom is -0.372 e. The smallest absolute Gasteiger partial charge is 0.368 e. The SMILES string of the molecule is CCN(CC)c1ccc(/C=C2/C(=O)ON=C2c2cccc([N+](=O)[O-])c2)cc1. The highest BCUT2D eigenvalue weighted by Gasteiger charge is 2.27. The van der Waals surface area contributed by atoms with Gasteiger partial charge in [0.2, 0.25) is 0 Å². The van der Waals surface area contributed by atoms with Gasteiger partial charge in [0, 0.05) is 36.5 Å². The van der Waals surface area contributed by atoms with Crippen molar-refractivity contribution < 1.29 is 14.6 Å². The number of nitro groups is 1. The van der Waals surface area contributed by atoms with Gasteiger partial charge >= 0.3 is 5.97 Å². The topological polar surface area (TPSA) is 85.0 Å². The van der Waals surface area contributed by atoms with E-state index in [2.05, 4.69) is 23.9 Å². The Hall–Kier alpha value is -3.48. The summed E-state index contributed by atoms with van der Waals surface area (Å²) in [6.07, 6.45) is 1.68. The van der Waals surface area contributed by atoms with Crippen LogP contribution in [0.3, 0.4) is 0 Å². The van der Waals surface area contributed by atoms with E-state index in [1.807, 2.05) is 24.3 Å². The first-order valence-corrected chi connectivity index (χ1v) is 8.64. The fraction of sp³-hybridized carbons (Fsp3) is 0.200. The van der Waals surface area contributed by atoms with Gasteiger partial charge in [0.1, 0.15) is 5.71 Å². The second kappa shape index (κ2) is 7.82. The van der Waals surface area contributed by atoms with E-state index in [1.165, 1.54) is 12.1 Å². The van der Waals surface area contributed by atoms with Crippen LogP contribution in [0.1, 0.15) is 25.0 Å². The Kier molecular flexibility index (Phi) is 5.30. The average Bonchev–Trinajstić information content (AvgIpc) is 3.04. The van der Waals surface area contributed by atoms with Crippen molar-refractivity contribution in [2.45, 2.75) is 13.8 Å². The lowest BCUT2D eigenvalue weighted by Crippen LogP contribution is -2.21. The van der Waals surface area contributed by atoms with Crippen LogP contribution in [0.4, 0.5) is 11.4 Å². The van der Waals surface area contributed by atoms with Crippen LogP contribution in [0.5, 0.6) is 0 Å². The van der Waals surface area contributed by atoms with Crippen LogP contribution in [0.2, 0.25) is 0 Å². The van der Waals surface area contributed by atoms with Gasteiger partial charge in [-0.3, -0.25) is 10.1 Å². The monoisotopic (exact) mass is 365 g/mol. The highest BCUT2D eigenvalue weighted by atomic mass is 16.7. The van der Waals surface area contributed by atoms with E-state index in [4.69, 9.17) is 4.84 Å². The normalized spacial score (nSPS) is 14.8. The van der Waals surface area contributed by atoms with Crippen LogP contribution < -0.4 is 4.90 Å². The number of non-ortho nitro benzene ring substituents is 1. The number of anilines is 1. The summed E-state index contributed by atoms with van der Waals surface area (Å²) >= 11 is 0. The minimum absolute atomic E-state index is 0.0718. The van der Waals surface area contributed by atoms with Crippen LogP contribution in [-0.2, 0) is 9.63 Å². The third-order valence-electron chi connectivity index (χ3n) is 4.36. The van der Waals surface area contributed by atoms with E-state index in [0.29, 0.717) is 5.56 Å². The maximum Gasteiger partial charge on any atom is 0.368 e. The number of hydrogen-bond acceptors (Lipinski definition) is 6. The molecule has 27 heavy (non-hydrogen) atoms. The van der Waals surface area contributed by atoms with Crippen molar-refractivity contribution in [3.63, 3.8) is 0 Å². The van der Waals surface area contributed by atoms with Crippen LogP contribution in [0.25, 0.3) is 6.08 Å². The zero-order valence-electron chi connectivity index (χ0n) is 15.1. The van der Waals surface area contributed by atoms with Crippen molar-refractivity contribution >= 4 is 29.1 Å². The van der Waals surface area contributed by atoms with Crippen molar-refractivity contribution in [1.29, 1.82) is 0 Å². The molecule has 3 rings (SSSR count). The molecule has 2 aromatic carbocycles. The molecule has 7 nitrogen and oxygen atoms in total. The van der Waals surface area contributed by atoms with Crippen molar-refractivity contribution in [2.24, 2.45) is 5.16 Å². The summed E-state index contributed by atoms with van der Waals surface area (Å²) < 4.78 is 0. The molecule has 1 aliphatic rings. The molecule has 0 spiro atoms. The highest BCUT2D eigenvalue weighted by molar-refractivity contribution is 6.31. The first-order chi connectivity index (χ1) is 13.0. The van der Waals surface area contributed by atoms with E-state index < -0.39 is 10.9 Å². The van der Waals surface area contributed by atoms with Crippen LogP contribution >= 0.6 is 0 Å². The van der Waals surface area contributed by atoms with Crippen molar-refractivity contribution in [1.82, 2.24) is 0 Å². The lowest BCUT2D eigenvalue weighted by atomic mass is 10.00. The van der Waals surface area contributed by atoms with E-state index in [0.717, 1.165) is 24.3 Å². The Morgan fingerprint density at radius 2 is 1.85 bits per heavy atom. The van der Waals surface area contributed by atoms with Crippen molar-refractivity contribution in [3.8, 4) is 0 Å². The summed E-state index contributed by atoms with van der Waals surface area (Å²) in [6, 6.07) is 13.8. The van der Waals surface area contributed by atoms with Gasteiger partial charge in [-0.25, -0.2) is 4.79 Å². The summed E-state index contributed by atoms with van der Waals surface area (Å²) in [6.45, 7) is 6.01. The van der Waals surface area contributed by atoms with Gasteiger partial charge in [-0.1, -0.05) is 29.4 Å². The third kappa shape index (κ3) is 3.87. The molecule has 7 heteroatoms. The van der Waals surface area contributed by atoms with Gasteiger partial charge in [-0.15, -0.1) is 0 Å². The zero-order chi connectivity index (χ0) is 19.4. The lowest BCUT2D eigenvalue weighted by molar-refractivity contribution is -0.384. The number of oxime groups is 1. The molecule has 0 aromatic heterocycles. The third-order valence-corrected chi connectivity index (χ3v) is 4.36. The molecule has 0 saturated heterocycles. The summed E-state index contributed by atoms with van der Waals surface area (Å²) in [5.41, 5.74) is 2.86. The summed E-state index contributed by atoms with van der Waals surface area (Å²) in [4.78, 5) is 29.6. The molecule has 1 aliphatic heterocycles. The largest absolute Gasteiger partial charge is 0.372 e. The van der Waals surface area contributed by atoms with Gasteiger partial charge < -0.3 is 9.74 Å². The van der Waals surface area contributed by atoms with E-state index in [1.54, 1.807) is 18.2 Å². The molecule has 0 N–H and O–H groups in total. The van der Waals surface area contributed by atoms with Gasteiger partial charge in [0.05, 0.1) is 10.5 Å². The summed E-state index contributed by atoms with van der Waals surface area (Å²) in [5, 5.41) is 14.8. The minimum atomic E-state index is -0.579. The molecular weight excluding hydrogens is 346 g/mol.